The molecule has 3 aromatic carbocycles. The van der Waals surface area contributed by atoms with Crippen LogP contribution in [-0.4, -0.2) is 34.9 Å². The molecule has 0 bridgehead atoms. The molecule has 9 heteroatoms. The fourth-order valence-electron chi connectivity index (χ4n) is 5.35. The first-order chi connectivity index (χ1) is 16.9. The minimum absolute atomic E-state index is 0.152. The van der Waals surface area contributed by atoms with Gasteiger partial charge in [-0.25, -0.2) is 9.29 Å². The number of rotatable bonds is 3. The van der Waals surface area contributed by atoms with Crippen LogP contribution >= 0.6 is 23.2 Å². The zero-order valence-electron chi connectivity index (χ0n) is 17.9. The summed E-state index contributed by atoms with van der Waals surface area (Å²) in [6.45, 7) is 0. The highest BCUT2D eigenvalue weighted by atomic mass is 35.5. The number of nitrogens with zero attached hydrogens (tertiary/aromatic N) is 3. The Balaban J connectivity index is 1.50. The van der Waals surface area contributed by atoms with E-state index in [2.05, 4.69) is 5.10 Å². The minimum Gasteiger partial charge on any atom is -0.292 e. The molecule has 0 radical (unpaired) electrons. The second kappa shape index (κ2) is 8.00. The van der Waals surface area contributed by atoms with Crippen molar-refractivity contribution in [2.24, 2.45) is 16.9 Å². The van der Waals surface area contributed by atoms with Gasteiger partial charge in [0.05, 0.1) is 34.8 Å². The van der Waals surface area contributed by atoms with Crippen molar-refractivity contribution < 1.29 is 18.8 Å². The summed E-state index contributed by atoms with van der Waals surface area (Å²) in [7, 11) is 0. The Morgan fingerprint density at radius 3 is 2.37 bits per heavy atom. The van der Waals surface area contributed by atoms with Gasteiger partial charge in [-0.05, 0) is 53.6 Å². The van der Waals surface area contributed by atoms with E-state index in [0.717, 1.165) is 16.0 Å². The average molecular weight is 508 g/mol. The summed E-state index contributed by atoms with van der Waals surface area (Å²) in [6, 6.07) is 15.4. The lowest BCUT2D eigenvalue weighted by molar-refractivity contribution is -0.124. The van der Waals surface area contributed by atoms with E-state index in [9.17, 15) is 18.8 Å². The quantitative estimate of drug-likeness (QED) is 0.373. The van der Waals surface area contributed by atoms with Crippen LogP contribution in [0.1, 0.15) is 27.5 Å². The van der Waals surface area contributed by atoms with E-state index in [1.807, 2.05) is 24.3 Å². The van der Waals surface area contributed by atoms with Gasteiger partial charge in [0, 0.05) is 10.6 Å². The van der Waals surface area contributed by atoms with Gasteiger partial charge in [-0.2, -0.15) is 5.10 Å². The number of hydrazone groups is 1. The third-order valence-electron chi connectivity index (χ3n) is 6.84. The van der Waals surface area contributed by atoms with E-state index in [1.54, 1.807) is 17.3 Å². The van der Waals surface area contributed by atoms with Gasteiger partial charge < -0.3 is 0 Å². The van der Waals surface area contributed by atoms with Crippen molar-refractivity contribution >= 4 is 52.7 Å². The molecule has 0 unspecified atom stereocenters. The number of carbonyl (C=O) groups excluding carboxylic acids is 3. The lowest BCUT2D eigenvalue weighted by atomic mass is 9.83. The summed E-state index contributed by atoms with van der Waals surface area (Å²) < 4.78 is 13.5. The van der Waals surface area contributed by atoms with E-state index in [4.69, 9.17) is 23.2 Å². The molecule has 2 fully saturated rings. The Morgan fingerprint density at radius 1 is 0.914 bits per heavy atom. The number of hydrogen-bond acceptors (Lipinski definition) is 5. The molecule has 0 spiro atoms. The second-order valence-corrected chi connectivity index (χ2v) is 9.52. The number of imide groups is 1. The van der Waals surface area contributed by atoms with Crippen molar-refractivity contribution in [1.29, 1.82) is 0 Å². The van der Waals surface area contributed by atoms with Gasteiger partial charge in [0.25, 0.3) is 0 Å². The molecule has 3 aliphatic heterocycles. The zero-order chi connectivity index (χ0) is 24.4. The molecule has 3 aliphatic rings. The summed E-state index contributed by atoms with van der Waals surface area (Å²) in [5, 5.41) is 6.58. The summed E-state index contributed by atoms with van der Waals surface area (Å²) in [4.78, 5) is 42.4. The predicted molar refractivity (Wildman–Crippen MR) is 129 cm³/mol. The second-order valence-electron chi connectivity index (χ2n) is 8.67. The fourth-order valence-corrected chi connectivity index (χ4v) is 5.85. The SMILES string of the molecule is O=C(c1ccc(F)cc1)[C@H]1[C@H]2C(=O)N(c3ccc(Cl)cc3Cl)C(=O)[C@H]2[C@@H]2c3ccccc3C=NN12. The average Bonchev–Trinajstić information content (AvgIpc) is 3.32. The topological polar surface area (TPSA) is 70.0 Å². The van der Waals surface area contributed by atoms with Gasteiger partial charge >= 0.3 is 0 Å². The van der Waals surface area contributed by atoms with Crippen molar-refractivity contribution in [3.8, 4) is 0 Å². The highest BCUT2D eigenvalue weighted by Crippen LogP contribution is 2.53. The smallest absolute Gasteiger partial charge is 0.240 e. The van der Waals surface area contributed by atoms with Crippen LogP contribution in [-0.2, 0) is 9.59 Å². The van der Waals surface area contributed by atoms with Crippen molar-refractivity contribution in [1.82, 2.24) is 5.01 Å². The van der Waals surface area contributed by atoms with Crippen molar-refractivity contribution in [2.45, 2.75) is 12.1 Å². The fraction of sp³-hybridized carbons (Fsp3) is 0.154. The lowest BCUT2D eigenvalue weighted by Gasteiger charge is -2.33. The van der Waals surface area contributed by atoms with Gasteiger partial charge in [-0.1, -0.05) is 47.5 Å². The Morgan fingerprint density at radius 2 is 1.63 bits per heavy atom. The molecule has 174 valence electrons. The number of halogens is 3. The largest absolute Gasteiger partial charge is 0.292 e. The number of carbonyl (C=O) groups is 3. The van der Waals surface area contributed by atoms with E-state index in [1.165, 1.54) is 36.4 Å². The Hall–Kier alpha value is -3.55. The Bertz CT molecular complexity index is 1440. The molecule has 6 nitrogen and oxygen atoms in total. The monoisotopic (exact) mass is 507 g/mol. The normalized spacial score (nSPS) is 24.4. The molecule has 35 heavy (non-hydrogen) atoms. The number of fused-ring (bicyclic) bond motifs is 5. The van der Waals surface area contributed by atoms with Gasteiger partial charge in [-0.3, -0.25) is 19.4 Å². The molecular formula is C26H16Cl2FN3O3. The van der Waals surface area contributed by atoms with Crippen molar-refractivity contribution in [2.75, 3.05) is 4.90 Å². The summed E-state index contributed by atoms with van der Waals surface area (Å²) in [5.74, 6) is -3.75. The maximum Gasteiger partial charge on any atom is 0.240 e. The van der Waals surface area contributed by atoms with Crippen LogP contribution in [0.2, 0.25) is 10.0 Å². The van der Waals surface area contributed by atoms with E-state index < -0.39 is 47.3 Å². The van der Waals surface area contributed by atoms with Gasteiger partial charge in [0.2, 0.25) is 11.8 Å². The summed E-state index contributed by atoms with van der Waals surface area (Å²) in [5.41, 5.74) is 2.06. The van der Waals surface area contributed by atoms with Crippen LogP contribution < -0.4 is 4.90 Å². The molecule has 0 aliphatic carbocycles. The van der Waals surface area contributed by atoms with E-state index >= 15 is 0 Å². The molecule has 3 heterocycles. The van der Waals surface area contributed by atoms with E-state index in [-0.39, 0.29) is 16.3 Å². The van der Waals surface area contributed by atoms with Crippen LogP contribution in [0.4, 0.5) is 10.1 Å². The van der Waals surface area contributed by atoms with Crippen LogP contribution in [0.15, 0.2) is 71.8 Å². The van der Waals surface area contributed by atoms with Crippen molar-refractivity contribution in [3.05, 3.63) is 99.3 Å². The van der Waals surface area contributed by atoms with Gasteiger partial charge in [0.15, 0.2) is 5.78 Å². The first-order valence-electron chi connectivity index (χ1n) is 10.9. The summed E-state index contributed by atoms with van der Waals surface area (Å²) in [6.07, 6.45) is 1.63. The van der Waals surface area contributed by atoms with Crippen LogP contribution in [0.3, 0.4) is 0 Å². The maximum atomic E-state index is 13.8. The molecule has 2 saturated heterocycles. The molecule has 0 saturated carbocycles. The van der Waals surface area contributed by atoms with Crippen LogP contribution in [0.5, 0.6) is 0 Å². The molecule has 0 N–H and O–H groups in total. The Kier molecular flexibility index (Phi) is 5.02. The zero-order valence-corrected chi connectivity index (χ0v) is 19.4. The first kappa shape index (κ1) is 21.9. The Labute approximate surface area is 209 Å². The van der Waals surface area contributed by atoms with E-state index in [0.29, 0.717) is 5.02 Å². The molecule has 0 aromatic heterocycles. The highest BCUT2D eigenvalue weighted by Gasteiger charge is 2.65. The number of amides is 2. The molecule has 2 amide bonds. The number of benzene rings is 3. The predicted octanol–water partition coefficient (Wildman–Crippen LogP) is 4.89. The first-order valence-corrected chi connectivity index (χ1v) is 11.7. The molecule has 3 aromatic rings. The molecule has 4 atom stereocenters. The number of hydrogen-bond donors (Lipinski definition) is 0. The number of ketones is 1. The standard InChI is InChI=1S/C26H16Cl2FN3O3/c27-15-7-10-19(18(28)11-15)31-25(34)20-21(26(31)35)23(24(33)13-5-8-16(29)9-6-13)32-22(20)17-4-2-1-3-14(17)12-30-32/h1-12,20-23H/t20-,21+,22+,23-/m1/s1. The minimum atomic E-state index is -1.05. The number of Topliss-reactive ketones (excluding diaryl/α,β-unsaturated/α-hetero) is 1. The maximum absolute atomic E-state index is 13.8. The molecule has 6 rings (SSSR count). The number of anilines is 1. The van der Waals surface area contributed by atoms with Gasteiger partial charge in [0.1, 0.15) is 11.9 Å². The van der Waals surface area contributed by atoms with Gasteiger partial charge in [-0.15, -0.1) is 0 Å². The highest BCUT2D eigenvalue weighted by molar-refractivity contribution is 6.38. The van der Waals surface area contributed by atoms with Crippen molar-refractivity contribution in [3.63, 3.8) is 0 Å². The summed E-state index contributed by atoms with van der Waals surface area (Å²) >= 11 is 12.4. The third kappa shape index (κ3) is 3.22. The van der Waals surface area contributed by atoms with Crippen LogP contribution in [0.25, 0.3) is 0 Å². The lowest BCUT2D eigenvalue weighted by Crippen LogP contribution is -2.44. The third-order valence-corrected chi connectivity index (χ3v) is 7.38. The van der Waals surface area contributed by atoms with Crippen LogP contribution in [0, 0.1) is 17.7 Å². The molecular weight excluding hydrogens is 492 g/mol.